The second-order valence-corrected chi connectivity index (χ2v) is 6.26. The van der Waals surface area contributed by atoms with E-state index in [1.165, 1.54) is 6.92 Å². The number of hydrogen-bond donors (Lipinski definition) is 1. The molecule has 26 heavy (non-hydrogen) atoms. The lowest BCUT2D eigenvalue weighted by Crippen LogP contribution is -2.45. The molecule has 138 valence electrons. The molecule has 1 amide bonds. The summed E-state index contributed by atoms with van der Waals surface area (Å²) in [7, 11) is 0. The van der Waals surface area contributed by atoms with E-state index in [2.05, 4.69) is 15.3 Å². The van der Waals surface area contributed by atoms with Gasteiger partial charge in [-0.05, 0) is 31.9 Å². The van der Waals surface area contributed by atoms with Crippen molar-refractivity contribution in [2.24, 2.45) is 0 Å². The van der Waals surface area contributed by atoms with E-state index < -0.39 is 11.9 Å². The van der Waals surface area contributed by atoms with Crippen LogP contribution in [0.5, 0.6) is 0 Å². The molecule has 1 aromatic carbocycles. The SMILES string of the molecule is Cc1nc(N2CCC(NC(=O)c3ccccc3)CC2)cc(C(F)(F)F)n1. The first-order valence-electron chi connectivity index (χ1n) is 8.36. The summed E-state index contributed by atoms with van der Waals surface area (Å²) in [6.07, 6.45) is -3.21. The van der Waals surface area contributed by atoms with Crippen LogP contribution in [0.15, 0.2) is 36.4 Å². The smallest absolute Gasteiger partial charge is 0.356 e. The van der Waals surface area contributed by atoms with Crippen LogP contribution in [0.4, 0.5) is 19.0 Å². The van der Waals surface area contributed by atoms with E-state index in [0.29, 0.717) is 31.5 Å². The van der Waals surface area contributed by atoms with Crippen LogP contribution in [0.1, 0.15) is 34.7 Å². The maximum absolute atomic E-state index is 12.9. The molecule has 0 atom stereocenters. The maximum atomic E-state index is 12.9. The zero-order valence-corrected chi connectivity index (χ0v) is 14.3. The fraction of sp³-hybridized carbons (Fsp3) is 0.389. The number of carbonyl (C=O) groups excluding carboxylic acids is 1. The summed E-state index contributed by atoms with van der Waals surface area (Å²) in [5.41, 5.74) is -0.337. The number of piperidine rings is 1. The predicted octanol–water partition coefficient (Wildman–Crippen LogP) is 3.20. The van der Waals surface area contributed by atoms with Crippen molar-refractivity contribution in [2.45, 2.75) is 32.0 Å². The van der Waals surface area contributed by atoms with E-state index in [9.17, 15) is 18.0 Å². The summed E-state index contributed by atoms with van der Waals surface area (Å²) in [6, 6.07) is 9.90. The van der Waals surface area contributed by atoms with E-state index >= 15 is 0 Å². The summed E-state index contributed by atoms with van der Waals surface area (Å²) in [5.74, 6) is 0.230. The monoisotopic (exact) mass is 364 g/mol. The molecular weight excluding hydrogens is 345 g/mol. The van der Waals surface area contributed by atoms with Gasteiger partial charge in [0.05, 0.1) is 0 Å². The van der Waals surface area contributed by atoms with Crippen LogP contribution in [0.25, 0.3) is 0 Å². The number of carbonyl (C=O) groups is 1. The second kappa shape index (κ2) is 7.31. The number of nitrogens with one attached hydrogen (secondary N) is 1. The molecule has 1 N–H and O–H groups in total. The summed E-state index contributed by atoms with van der Waals surface area (Å²) in [5, 5.41) is 2.98. The third-order valence-electron chi connectivity index (χ3n) is 4.31. The second-order valence-electron chi connectivity index (χ2n) is 6.26. The number of alkyl halides is 3. The quantitative estimate of drug-likeness (QED) is 0.909. The first kappa shape index (κ1) is 18.2. The Morgan fingerprint density at radius 3 is 2.42 bits per heavy atom. The van der Waals surface area contributed by atoms with Gasteiger partial charge in [0.25, 0.3) is 5.91 Å². The summed E-state index contributed by atoms with van der Waals surface area (Å²) < 4.78 is 38.8. The highest BCUT2D eigenvalue weighted by Crippen LogP contribution is 2.30. The number of benzene rings is 1. The fourth-order valence-corrected chi connectivity index (χ4v) is 2.97. The van der Waals surface area contributed by atoms with Crippen LogP contribution in [0, 0.1) is 6.92 Å². The Kier molecular flexibility index (Phi) is 5.11. The zero-order valence-electron chi connectivity index (χ0n) is 14.3. The van der Waals surface area contributed by atoms with Gasteiger partial charge in [0.1, 0.15) is 17.3 Å². The molecule has 1 fully saturated rings. The van der Waals surface area contributed by atoms with E-state index in [1.54, 1.807) is 29.2 Å². The van der Waals surface area contributed by atoms with Crippen LogP contribution in [-0.2, 0) is 6.18 Å². The van der Waals surface area contributed by atoms with Gasteiger partial charge in [-0.15, -0.1) is 0 Å². The Morgan fingerprint density at radius 2 is 1.81 bits per heavy atom. The van der Waals surface area contributed by atoms with Gasteiger partial charge in [0.2, 0.25) is 0 Å². The molecular formula is C18H19F3N4O. The minimum atomic E-state index is -4.50. The average Bonchev–Trinajstić information content (AvgIpc) is 2.62. The third kappa shape index (κ3) is 4.30. The van der Waals surface area contributed by atoms with Crippen LogP contribution in [-0.4, -0.2) is 35.0 Å². The van der Waals surface area contributed by atoms with Gasteiger partial charge < -0.3 is 10.2 Å². The first-order valence-corrected chi connectivity index (χ1v) is 8.36. The Morgan fingerprint density at radius 1 is 1.15 bits per heavy atom. The van der Waals surface area contributed by atoms with Crippen molar-refractivity contribution in [1.29, 1.82) is 0 Å². The molecule has 0 radical (unpaired) electrons. The minimum absolute atomic E-state index is 0.0102. The van der Waals surface area contributed by atoms with Crippen LogP contribution in [0.2, 0.25) is 0 Å². The molecule has 8 heteroatoms. The van der Waals surface area contributed by atoms with E-state index in [-0.39, 0.29) is 23.6 Å². The molecule has 0 saturated carbocycles. The number of hydrogen-bond acceptors (Lipinski definition) is 4. The van der Waals surface area contributed by atoms with Crippen LogP contribution in [0.3, 0.4) is 0 Å². The molecule has 2 heterocycles. The van der Waals surface area contributed by atoms with Crippen molar-refractivity contribution in [3.63, 3.8) is 0 Å². The first-order chi connectivity index (χ1) is 12.3. The highest BCUT2D eigenvalue weighted by molar-refractivity contribution is 5.94. The van der Waals surface area contributed by atoms with Gasteiger partial charge in [-0.2, -0.15) is 13.2 Å². The number of amides is 1. The van der Waals surface area contributed by atoms with Gasteiger partial charge in [-0.3, -0.25) is 4.79 Å². The molecule has 5 nitrogen and oxygen atoms in total. The van der Waals surface area contributed by atoms with E-state index in [1.807, 2.05) is 6.07 Å². The minimum Gasteiger partial charge on any atom is -0.356 e. The van der Waals surface area contributed by atoms with Gasteiger partial charge in [0, 0.05) is 30.8 Å². The zero-order chi connectivity index (χ0) is 18.7. The highest BCUT2D eigenvalue weighted by atomic mass is 19.4. The Bertz CT molecular complexity index is 772. The van der Waals surface area contributed by atoms with Gasteiger partial charge in [-0.1, -0.05) is 18.2 Å². The predicted molar refractivity (Wildman–Crippen MR) is 90.9 cm³/mol. The molecule has 0 aliphatic carbocycles. The normalized spacial score (nSPS) is 15.8. The highest BCUT2D eigenvalue weighted by Gasteiger charge is 2.34. The Balaban J connectivity index is 1.62. The molecule has 0 bridgehead atoms. The number of aryl methyl sites for hydroxylation is 1. The van der Waals surface area contributed by atoms with Crippen LogP contribution < -0.4 is 10.2 Å². The molecule has 0 spiro atoms. The number of rotatable bonds is 3. The third-order valence-corrected chi connectivity index (χ3v) is 4.31. The van der Waals surface area contributed by atoms with Crippen molar-refractivity contribution in [3.8, 4) is 0 Å². The number of halogens is 3. The number of nitrogens with zero attached hydrogens (tertiary/aromatic N) is 3. The molecule has 0 unspecified atom stereocenters. The Labute approximate surface area is 149 Å². The summed E-state index contributed by atoms with van der Waals surface area (Å²) in [4.78, 5) is 21.6. The van der Waals surface area contributed by atoms with Crippen molar-refractivity contribution in [2.75, 3.05) is 18.0 Å². The van der Waals surface area contributed by atoms with Crippen LogP contribution >= 0.6 is 0 Å². The van der Waals surface area contributed by atoms with Crippen molar-refractivity contribution in [1.82, 2.24) is 15.3 Å². The Hall–Kier alpha value is -2.64. The van der Waals surface area contributed by atoms with Gasteiger partial charge >= 0.3 is 6.18 Å². The van der Waals surface area contributed by atoms with E-state index in [4.69, 9.17) is 0 Å². The molecule has 1 saturated heterocycles. The molecule has 1 aliphatic rings. The largest absolute Gasteiger partial charge is 0.433 e. The number of anilines is 1. The molecule has 3 rings (SSSR count). The van der Waals surface area contributed by atoms with Crippen molar-refractivity contribution >= 4 is 11.7 Å². The lowest BCUT2D eigenvalue weighted by atomic mass is 10.0. The molecule has 2 aromatic rings. The van der Waals surface area contributed by atoms with Crippen molar-refractivity contribution < 1.29 is 18.0 Å². The summed E-state index contributed by atoms with van der Waals surface area (Å²) >= 11 is 0. The van der Waals surface area contributed by atoms with Gasteiger partial charge in [0.15, 0.2) is 0 Å². The average molecular weight is 364 g/mol. The standard InChI is InChI=1S/C18H19F3N4O/c1-12-22-15(18(19,20)21)11-16(23-12)25-9-7-14(8-10-25)24-17(26)13-5-3-2-4-6-13/h2-6,11,14H,7-10H2,1H3,(H,24,26). The van der Waals surface area contributed by atoms with Gasteiger partial charge in [-0.25, -0.2) is 9.97 Å². The lowest BCUT2D eigenvalue weighted by molar-refractivity contribution is -0.141. The maximum Gasteiger partial charge on any atom is 0.433 e. The topological polar surface area (TPSA) is 58.1 Å². The molecule has 1 aliphatic heterocycles. The fourth-order valence-electron chi connectivity index (χ4n) is 2.97. The molecule has 1 aromatic heterocycles. The van der Waals surface area contributed by atoms with E-state index in [0.717, 1.165) is 6.07 Å². The van der Waals surface area contributed by atoms with Crippen molar-refractivity contribution in [3.05, 3.63) is 53.5 Å². The number of aromatic nitrogens is 2. The lowest BCUT2D eigenvalue weighted by Gasteiger charge is -2.33. The summed E-state index contributed by atoms with van der Waals surface area (Å²) in [6.45, 7) is 2.49.